The normalized spacial score (nSPS) is 36.4. The lowest BCUT2D eigenvalue weighted by Crippen LogP contribution is -1.66. The van der Waals surface area contributed by atoms with Gasteiger partial charge in [-0.2, -0.15) is 0 Å². The molecule has 0 aliphatic heterocycles. The van der Waals surface area contributed by atoms with Gasteiger partial charge in [-0.05, 0) is 12.3 Å². The maximum atomic E-state index is 5.10. The molecule has 0 saturated heterocycles. The molecule has 0 spiro atoms. The van der Waals surface area contributed by atoms with Crippen LogP contribution in [0.4, 0.5) is 0 Å². The highest BCUT2D eigenvalue weighted by molar-refractivity contribution is 5.12. The maximum Gasteiger partial charge on any atom is 0.0269 e. The molecular formula is C7H8. The second-order valence-corrected chi connectivity index (χ2v) is 1.91. The van der Waals surface area contributed by atoms with Crippen molar-refractivity contribution < 1.29 is 0 Å². The van der Waals surface area contributed by atoms with Crippen molar-refractivity contribution in [3.63, 3.8) is 0 Å². The summed E-state index contributed by atoms with van der Waals surface area (Å²) in [5.74, 6) is 3.84. The maximum absolute atomic E-state index is 5.10. The Labute approximate surface area is 44.2 Å². The molecule has 36 valence electrons. The van der Waals surface area contributed by atoms with Crippen LogP contribution in [-0.4, -0.2) is 0 Å². The monoisotopic (exact) mass is 92.1 g/mol. The molecule has 1 rings (SSSR count). The number of terminal acetylenes is 1. The van der Waals surface area contributed by atoms with Crippen molar-refractivity contribution in [3.8, 4) is 12.3 Å². The van der Waals surface area contributed by atoms with E-state index in [4.69, 9.17) is 6.42 Å². The van der Waals surface area contributed by atoms with Crippen molar-refractivity contribution in [2.75, 3.05) is 0 Å². The van der Waals surface area contributed by atoms with E-state index in [1.807, 2.05) is 6.08 Å². The van der Waals surface area contributed by atoms with E-state index in [1.165, 1.54) is 6.42 Å². The topological polar surface area (TPSA) is 0 Å². The SMILES string of the molecule is C#CC1CC1C=C. The largest absolute Gasteiger partial charge is 0.120 e. The molecule has 1 aliphatic rings. The highest BCUT2D eigenvalue weighted by Gasteiger charge is 2.31. The molecule has 0 aromatic heterocycles. The first-order chi connectivity index (χ1) is 3.38. The van der Waals surface area contributed by atoms with Crippen LogP contribution in [0.5, 0.6) is 0 Å². The minimum Gasteiger partial charge on any atom is -0.120 e. The van der Waals surface area contributed by atoms with Crippen LogP contribution in [-0.2, 0) is 0 Å². The average molecular weight is 92.1 g/mol. The fourth-order valence-corrected chi connectivity index (χ4v) is 0.667. The van der Waals surface area contributed by atoms with E-state index in [-0.39, 0.29) is 0 Å². The predicted octanol–water partition coefficient (Wildman–Crippen LogP) is 1.44. The summed E-state index contributed by atoms with van der Waals surface area (Å²) < 4.78 is 0. The van der Waals surface area contributed by atoms with Gasteiger partial charge in [0.1, 0.15) is 0 Å². The molecular weight excluding hydrogens is 84.1 g/mol. The first-order valence-corrected chi connectivity index (χ1v) is 2.47. The Hall–Kier alpha value is -0.700. The molecule has 0 heterocycles. The summed E-state index contributed by atoms with van der Waals surface area (Å²) in [7, 11) is 0. The van der Waals surface area contributed by atoms with E-state index in [9.17, 15) is 0 Å². The lowest BCUT2D eigenvalue weighted by atomic mass is 10.3. The van der Waals surface area contributed by atoms with Gasteiger partial charge in [-0.1, -0.05) is 6.08 Å². The van der Waals surface area contributed by atoms with Gasteiger partial charge in [-0.3, -0.25) is 0 Å². The molecule has 2 unspecified atom stereocenters. The number of hydrogen-bond acceptors (Lipinski definition) is 0. The Balaban J connectivity index is 2.34. The zero-order valence-corrected chi connectivity index (χ0v) is 4.22. The third-order valence-corrected chi connectivity index (χ3v) is 1.36. The summed E-state index contributed by atoms with van der Waals surface area (Å²) in [5, 5.41) is 0. The Morgan fingerprint density at radius 3 is 2.71 bits per heavy atom. The van der Waals surface area contributed by atoms with Crippen LogP contribution >= 0.6 is 0 Å². The second kappa shape index (κ2) is 1.42. The van der Waals surface area contributed by atoms with Crippen LogP contribution in [0.1, 0.15) is 6.42 Å². The summed E-state index contributed by atoms with van der Waals surface area (Å²) in [6.07, 6.45) is 8.20. The van der Waals surface area contributed by atoms with Crippen molar-refractivity contribution in [2.24, 2.45) is 11.8 Å². The van der Waals surface area contributed by atoms with Gasteiger partial charge in [-0.25, -0.2) is 0 Å². The van der Waals surface area contributed by atoms with Crippen LogP contribution in [0.2, 0.25) is 0 Å². The van der Waals surface area contributed by atoms with Gasteiger partial charge in [0.15, 0.2) is 0 Å². The van der Waals surface area contributed by atoms with Crippen LogP contribution in [0, 0.1) is 24.2 Å². The zero-order valence-electron chi connectivity index (χ0n) is 4.22. The molecule has 0 aromatic rings. The number of rotatable bonds is 1. The highest BCUT2D eigenvalue weighted by Crippen LogP contribution is 2.37. The van der Waals surface area contributed by atoms with E-state index in [0.717, 1.165) is 0 Å². The van der Waals surface area contributed by atoms with Gasteiger partial charge in [0.25, 0.3) is 0 Å². The molecule has 2 atom stereocenters. The Kier molecular flexibility index (Phi) is 0.906. The minimum absolute atomic E-state index is 0.525. The summed E-state index contributed by atoms with van der Waals surface area (Å²) in [5.41, 5.74) is 0. The Morgan fingerprint density at radius 1 is 1.86 bits per heavy atom. The molecule has 0 bridgehead atoms. The first kappa shape index (κ1) is 4.46. The van der Waals surface area contributed by atoms with Crippen molar-refractivity contribution in [1.29, 1.82) is 0 Å². The van der Waals surface area contributed by atoms with Gasteiger partial charge >= 0.3 is 0 Å². The summed E-state index contributed by atoms with van der Waals surface area (Å²) in [4.78, 5) is 0. The molecule has 0 amide bonds. The second-order valence-electron chi connectivity index (χ2n) is 1.91. The number of allylic oxidation sites excluding steroid dienone is 1. The molecule has 1 saturated carbocycles. The van der Waals surface area contributed by atoms with Crippen LogP contribution in [0.3, 0.4) is 0 Å². The number of hydrogen-bond donors (Lipinski definition) is 0. The van der Waals surface area contributed by atoms with Gasteiger partial charge in [-0.15, -0.1) is 18.9 Å². The third-order valence-electron chi connectivity index (χ3n) is 1.36. The van der Waals surface area contributed by atoms with Crippen LogP contribution < -0.4 is 0 Å². The molecule has 1 fully saturated rings. The smallest absolute Gasteiger partial charge is 0.0269 e. The molecule has 0 heteroatoms. The standard InChI is InChI=1S/C7H8/c1-3-6-5-7(6)4-2/h1,4,6-7H,2,5H2. The lowest BCUT2D eigenvalue weighted by Gasteiger charge is -1.72. The quantitative estimate of drug-likeness (QED) is 0.339. The van der Waals surface area contributed by atoms with Crippen LogP contribution in [0.15, 0.2) is 12.7 Å². The van der Waals surface area contributed by atoms with E-state index in [1.54, 1.807) is 0 Å². The van der Waals surface area contributed by atoms with Gasteiger partial charge in [0.2, 0.25) is 0 Å². The molecule has 0 aromatic carbocycles. The molecule has 1 aliphatic carbocycles. The average Bonchev–Trinajstić information content (AvgIpc) is 2.43. The Morgan fingerprint density at radius 2 is 2.57 bits per heavy atom. The van der Waals surface area contributed by atoms with E-state index < -0.39 is 0 Å². The van der Waals surface area contributed by atoms with Crippen molar-refractivity contribution in [3.05, 3.63) is 12.7 Å². The van der Waals surface area contributed by atoms with Gasteiger partial charge in [0, 0.05) is 5.92 Å². The molecule has 7 heavy (non-hydrogen) atoms. The molecule has 0 N–H and O–H groups in total. The lowest BCUT2D eigenvalue weighted by molar-refractivity contribution is 1.03. The summed E-state index contributed by atoms with van der Waals surface area (Å²) >= 11 is 0. The van der Waals surface area contributed by atoms with Gasteiger partial charge < -0.3 is 0 Å². The predicted molar refractivity (Wildman–Crippen MR) is 30.6 cm³/mol. The fraction of sp³-hybridized carbons (Fsp3) is 0.429. The minimum atomic E-state index is 0.525. The van der Waals surface area contributed by atoms with Crippen LogP contribution in [0.25, 0.3) is 0 Å². The first-order valence-electron chi connectivity index (χ1n) is 2.47. The fourth-order valence-electron chi connectivity index (χ4n) is 0.667. The van der Waals surface area contributed by atoms with Crippen molar-refractivity contribution >= 4 is 0 Å². The highest BCUT2D eigenvalue weighted by atomic mass is 14.3. The zero-order chi connectivity index (χ0) is 5.28. The summed E-state index contributed by atoms with van der Waals surface area (Å²) in [6.45, 7) is 3.63. The van der Waals surface area contributed by atoms with Gasteiger partial charge in [0.05, 0.1) is 0 Å². The Bertz CT molecular complexity index is 116. The third kappa shape index (κ3) is 0.667. The van der Waals surface area contributed by atoms with E-state index in [2.05, 4.69) is 12.5 Å². The van der Waals surface area contributed by atoms with Crippen molar-refractivity contribution in [2.45, 2.75) is 6.42 Å². The van der Waals surface area contributed by atoms with E-state index >= 15 is 0 Å². The molecule has 0 radical (unpaired) electrons. The molecule has 0 nitrogen and oxygen atoms in total. The summed E-state index contributed by atoms with van der Waals surface area (Å²) in [6, 6.07) is 0. The van der Waals surface area contributed by atoms with Crippen molar-refractivity contribution in [1.82, 2.24) is 0 Å². The van der Waals surface area contributed by atoms with E-state index in [0.29, 0.717) is 11.8 Å².